The monoisotopic (exact) mass is 190 g/mol. The van der Waals surface area contributed by atoms with Crippen molar-refractivity contribution in [2.75, 3.05) is 20.4 Å². The second-order valence-electron chi connectivity index (χ2n) is 4.14. The first kappa shape index (κ1) is 9.69. The number of rotatable bonds is 3. The van der Waals surface area contributed by atoms with Crippen molar-refractivity contribution in [1.29, 1.82) is 0 Å². The van der Waals surface area contributed by atoms with E-state index in [2.05, 4.69) is 48.0 Å². The fourth-order valence-corrected chi connectivity index (χ4v) is 1.88. The highest BCUT2D eigenvalue weighted by Gasteiger charge is 2.19. The van der Waals surface area contributed by atoms with E-state index in [-0.39, 0.29) is 0 Å². The van der Waals surface area contributed by atoms with E-state index < -0.39 is 0 Å². The van der Waals surface area contributed by atoms with Crippen LogP contribution in [0.3, 0.4) is 0 Å². The Kier molecular flexibility index (Phi) is 2.85. The molecule has 0 spiro atoms. The fourth-order valence-electron chi connectivity index (χ4n) is 1.88. The van der Waals surface area contributed by atoms with E-state index in [0.717, 1.165) is 26.3 Å². The van der Waals surface area contributed by atoms with Gasteiger partial charge in [0.1, 0.15) is 0 Å². The average Bonchev–Trinajstić information content (AvgIpc) is 2.17. The Bertz CT molecular complexity index is 286. The zero-order valence-electron chi connectivity index (χ0n) is 9.03. The van der Waals surface area contributed by atoms with Gasteiger partial charge in [0, 0.05) is 6.54 Å². The third-order valence-electron chi connectivity index (χ3n) is 2.72. The highest BCUT2D eigenvalue weighted by Crippen LogP contribution is 2.12. The Morgan fingerprint density at radius 3 is 2.14 bits per heavy atom. The predicted octanol–water partition coefficient (Wildman–Crippen LogP) is 1.91. The Morgan fingerprint density at radius 1 is 1.07 bits per heavy atom. The van der Waals surface area contributed by atoms with E-state index in [1.807, 2.05) is 0 Å². The molecule has 0 unspecified atom stereocenters. The van der Waals surface area contributed by atoms with Crippen molar-refractivity contribution >= 4 is 0 Å². The average molecular weight is 190 g/mol. The highest BCUT2D eigenvalue weighted by atomic mass is 15.5. The summed E-state index contributed by atoms with van der Waals surface area (Å²) in [6.07, 6.45) is 1.13. The SMILES string of the molecule is CCc1ccc(CN2CN(C)C2)cc1. The maximum absolute atomic E-state index is 2.43. The molecule has 76 valence electrons. The van der Waals surface area contributed by atoms with Gasteiger partial charge in [-0.05, 0) is 24.6 Å². The van der Waals surface area contributed by atoms with Gasteiger partial charge in [0.05, 0.1) is 13.3 Å². The Hall–Kier alpha value is -0.860. The van der Waals surface area contributed by atoms with E-state index >= 15 is 0 Å². The highest BCUT2D eigenvalue weighted by molar-refractivity contribution is 5.22. The summed E-state index contributed by atoms with van der Waals surface area (Å²) in [6.45, 7) is 5.50. The zero-order valence-corrected chi connectivity index (χ0v) is 9.03. The van der Waals surface area contributed by atoms with Crippen LogP contribution in [0.1, 0.15) is 18.1 Å². The van der Waals surface area contributed by atoms with Crippen LogP contribution in [-0.2, 0) is 13.0 Å². The minimum Gasteiger partial charge on any atom is -0.280 e. The summed E-state index contributed by atoms with van der Waals surface area (Å²) in [7, 11) is 2.15. The van der Waals surface area contributed by atoms with E-state index in [4.69, 9.17) is 0 Å². The first-order valence-corrected chi connectivity index (χ1v) is 5.26. The number of benzene rings is 1. The van der Waals surface area contributed by atoms with Gasteiger partial charge in [-0.25, -0.2) is 0 Å². The molecule has 0 N–H and O–H groups in total. The number of hydrogen-bond donors (Lipinski definition) is 0. The third kappa shape index (κ3) is 2.14. The first-order chi connectivity index (χ1) is 6.78. The van der Waals surface area contributed by atoms with Gasteiger partial charge in [0.25, 0.3) is 0 Å². The zero-order chi connectivity index (χ0) is 9.97. The molecule has 1 fully saturated rings. The minimum absolute atomic E-state index is 1.09. The van der Waals surface area contributed by atoms with Crippen LogP contribution in [0.5, 0.6) is 0 Å². The molecule has 0 amide bonds. The van der Waals surface area contributed by atoms with Crippen molar-refractivity contribution in [2.45, 2.75) is 19.9 Å². The smallest absolute Gasteiger partial charge is 0.0530 e. The van der Waals surface area contributed by atoms with Gasteiger partial charge in [0.2, 0.25) is 0 Å². The summed E-state index contributed by atoms with van der Waals surface area (Å²) in [5, 5.41) is 0. The summed E-state index contributed by atoms with van der Waals surface area (Å²) in [4.78, 5) is 4.74. The maximum Gasteiger partial charge on any atom is 0.0530 e. The van der Waals surface area contributed by atoms with Crippen molar-refractivity contribution in [3.05, 3.63) is 35.4 Å². The summed E-state index contributed by atoms with van der Waals surface area (Å²) in [5.74, 6) is 0. The van der Waals surface area contributed by atoms with E-state index in [1.54, 1.807) is 0 Å². The maximum atomic E-state index is 2.43. The van der Waals surface area contributed by atoms with Crippen molar-refractivity contribution in [1.82, 2.24) is 9.80 Å². The molecule has 0 atom stereocenters. The van der Waals surface area contributed by atoms with Crippen LogP contribution < -0.4 is 0 Å². The molecule has 1 heterocycles. The number of aryl methyl sites for hydroxylation is 1. The van der Waals surface area contributed by atoms with Crippen molar-refractivity contribution < 1.29 is 0 Å². The van der Waals surface area contributed by atoms with Crippen LogP contribution in [-0.4, -0.2) is 30.2 Å². The first-order valence-electron chi connectivity index (χ1n) is 5.26. The molecule has 14 heavy (non-hydrogen) atoms. The van der Waals surface area contributed by atoms with Gasteiger partial charge in [0.15, 0.2) is 0 Å². The van der Waals surface area contributed by atoms with Crippen LogP contribution in [0, 0.1) is 0 Å². The lowest BCUT2D eigenvalue weighted by molar-refractivity contribution is -0.0153. The van der Waals surface area contributed by atoms with Crippen molar-refractivity contribution in [2.24, 2.45) is 0 Å². The van der Waals surface area contributed by atoms with Crippen LogP contribution in [0.4, 0.5) is 0 Å². The predicted molar refractivity (Wildman–Crippen MR) is 58.9 cm³/mol. The molecule has 2 heteroatoms. The minimum atomic E-state index is 1.09. The molecular formula is C12H18N2. The molecule has 0 aliphatic carbocycles. The van der Waals surface area contributed by atoms with Gasteiger partial charge in [-0.2, -0.15) is 0 Å². The summed E-state index contributed by atoms with van der Waals surface area (Å²) < 4.78 is 0. The second kappa shape index (κ2) is 4.11. The van der Waals surface area contributed by atoms with Gasteiger partial charge >= 0.3 is 0 Å². The Labute approximate surface area is 86.1 Å². The quantitative estimate of drug-likeness (QED) is 0.718. The van der Waals surface area contributed by atoms with E-state index in [9.17, 15) is 0 Å². The van der Waals surface area contributed by atoms with Gasteiger partial charge in [-0.15, -0.1) is 0 Å². The topological polar surface area (TPSA) is 6.48 Å². The van der Waals surface area contributed by atoms with Crippen LogP contribution >= 0.6 is 0 Å². The number of nitrogens with zero attached hydrogens (tertiary/aromatic N) is 2. The van der Waals surface area contributed by atoms with Gasteiger partial charge < -0.3 is 0 Å². The lowest BCUT2D eigenvalue weighted by atomic mass is 10.1. The lowest BCUT2D eigenvalue weighted by Gasteiger charge is -2.39. The molecule has 1 saturated heterocycles. The Balaban J connectivity index is 1.90. The lowest BCUT2D eigenvalue weighted by Crippen LogP contribution is -2.52. The number of hydrogen-bond acceptors (Lipinski definition) is 2. The molecule has 0 radical (unpaired) electrons. The van der Waals surface area contributed by atoms with Crippen LogP contribution in [0.25, 0.3) is 0 Å². The molecule has 2 nitrogen and oxygen atoms in total. The second-order valence-corrected chi connectivity index (χ2v) is 4.14. The van der Waals surface area contributed by atoms with Gasteiger partial charge in [-0.1, -0.05) is 31.2 Å². The molecule has 2 rings (SSSR count). The molecular weight excluding hydrogens is 172 g/mol. The molecule has 1 aromatic carbocycles. The molecule has 1 aromatic rings. The fraction of sp³-hybridized carbons (Fsp3) is 0.500. The molecule has 0 bridgehead atoms. The standard InChI is InChI=1S/C12H18N2/c1-3-11-4-6-12(7-5-11)8-14-9-13(2)10-14/h4-7H,3,8-10H2,1-2H3. The normalized spacial score (nSPS) is 18.1. The van der Waals surface area contributed by atoms with E-state index in [0.29, 0.717) is 0 Å². The van der Waals surface area contributed by atoms with E-state index in [1.165, 1.54) is 11.1 Å². The molecule has 0 aromatic heterocycles. The van der Waals surface area contributed by atoms with Crippen LogP contribution in [0.15, 0.2) is 24.3 Å². The van der Waals surface area contributed by atoms with Crippen molar-refractivity contribution in [3.63, 3.8) is 0 Å². The summed E-state index contributed by atoms with van der Waals surface area (Å²) >= 11 is 0. The molecule has 0 saturated carbocycles. The third-order valence-corrected chi connectivity index (χ3v) is 2.72. The summed E-state index contributed by atoms with van der Waals surface area (Å²) in [5.41, 5.74) is 2.85. The van der Waals surface area contributed by atoms with Gasteiger partial charge in [-0.3, -0.25) is 9.80 Å². The van der Waals surface area contributed by atoms with Crippen LogP contribution in [0.2, 0.25) is 0 Å². The largest absolute Gasteiger partial charge is 0.280 e. The Morgan fingerprint density at radius 2 is 1.64 bits per heavy atom. The molecule has 1 aliphatic rings. The van der Waals surface area contributed by atoms with Crippen molar-refractivity contribution in [3.8, 4) is 0 Å². The summed E-state index contributed by atoms with van der Waals surface area (Å²) in [6, 6.07) is 8.96. The molecule has 1 aliphatic heterocycles.